The number of hydrogen-bond donors (Lipinski definition) is 1. The van der Waals surface area contributed by atoms with Crippen LogP contribution < -0.4 is 0 Å². The Morgan fingerprint density at radius 3 is 2.70 bits per heavy atom. The van der Waals surface area contributed by atoms with E-state index in [-0.39, 0.29) is 5.75 Å². The molecular weight excluding hydrogens is 194 g/mol. The zero-order valence-corrected chi connectivity index (χ0v) is 6.59. The molecule has 0 aliphatic heterocycles. The first-order chi connectivity index (χ1) is 4.74. The number of phenolic OH excluding ortho intramolecular Hbond substituents is 1. The molecular formula is C7H4BrNO. The van der Waals surface area contributed by atoms with E-state index < -0.39 is 0 Å². The fourth-order valence-corrected chi connectivity index (χ4v) is 0.829. The van der Waals surface area contributed by atoms with Crippen LogP contribution in [0.25, 0.3) is 0 Å². The van der Waals surface area contributed by atoms with Crippen molar-refractivity contribution in [3.63, 3.8) is 0 Å². The van der Waals surface area contributed by atoms with Gasteiger partial charge in [-0.25, -0.2) is 0 Å². The quantitative estimate of drug-likeness (QED) is 0.692. The molecule has 0 aromatic heterocycles. The van der Waals surface area contributed by atoms with Crippen molar-refractivity contribution in [3.8, 4) is 11.8 Å². The molecule has 0 saturated carbocycles. The average Bonchev–Trinajstić information content (AvgIpc) is 1.95. The fourth-order valence-electron chi connectivity index (χ4n) is 0.582. The van der Waals surface area contributed by atoms with Gasteiger partial charge in [-0.15, -0.1) is 0 Å². The van der Waals surface area contributed by atoms with Crippen molar-refractivity contribution in [1.29, 1.82) is 5.26 Å². The van der Waals surface area contributed by atoms with Crippen molar-refractivity contribution in [2.75, 3.05) is 0 Å². The standard InChI is InChI=1S/C7H4BrNO/c8-6-2-1-5(4-9)3-7(6)10/h1-3,10H. The molecule has 0 unspecified atom stereocenters. The van der Waals surface area contributed by atoms with Gasteiger partial charge in [-0.1, -0.05) is 0 Å². The number of halogens is 1. The van der Waals surface area contributed by atoms with Gasteiger partial charge < -0.3 is 5.11 Å². The first-order valence-electron chi connectivity index (χ1n) is 2.62. The third kappa shape index (κ3) is 1.28. The minimum Gasteiger partial charge on any atom is -0.507 e. The monoisotopic (exact) mass is 197 g/mol. The van der Waals surface area contributed by atoms with E-state index in [1.807, 2.05) is 6.07 Å². The maximum Gasteiger partial charge on any atom is 0.131 e. The van der Waals surface area contributed by atoms with Gasteiger partial charge in [0.05, 0.1) is 16.1 Å². The highest BCUT2D eigenvalue weighted by Crippen LogP contribution is 2.23. The largest absolute Gasteiger partial charge is 0.507 e. The highest BCUT2D eigenvalue weighted by atomic mass is 79.9. The van der Waals surface area contributed by atoms with Gasteiger partial charge >= 0.3 is 0 Å². The Bertz CT molecular complexity index is 290. The molecule has 0 bridgehead atoms. The minimum absolute atomic E-state index is 0.0963. The summed E-state index contributed by atoms with van der Waals surface area (Å²) in [4.78, 5) is 0. The van der Waals surface area contributed by atoms with Gasteiger partial charge in [0.1, 0.15) is 5.75 Å². The van der Waals surface area contributed by atoms with Gasteiger partial charge in [-0.3, -0.25) is 0 Å². The van der Waals surface area contributed by atoms with Gasteiger partial charge in [0, 0.05) is 0 Å². The molecule has 0 aliphatic rings. The highest BCUT2D eigenvalue weighted by molar-refractivity contribution is 9.10. The van der Waals surface area contributed by atoms with Crippen LogP contribution in [0.2, 0.25) is 0 Å². The molecule has 0 radical (unpaired) electrons. The van der Waals surface area contributed by atoms with Crippen LogP contribution in [-0.2, 0) is 0 Å². The average molecular weight is 198 g/mol. The second-order valence-electron chi connectivity index (χ2n) is 1.78. The zero-order chi connectivity index (χ0) is 7.56. The number of benzene rings is 1. The summed E-state index contributed by atoms with van der Waals surface area (Å²) in [5.41, 5.74) is 0.459. The van der Waals surface area contributed by atoms with E-state index in [4.69, 9.17) is 10.4 Å². The second-order valence-corrected chi connectivity index (χ2v) is 2.63. The SMILES string of the molecule is N#Cc1ccc(Br)c(O)c1. The number of nitrogens with zero attached hydrogens (tertiary/aromatic N) is 1. The molecule has 10 heavy (non-hydrogen) atoms. The summed E-state index contributed by atoms with van der Waals surface area (Å²) in [5, 5.41) is 17.4. The Morgan fingerprint density at radius 2 is 2.20 bits per heavy atom. The molecule has 0 amide bonds. The summed E-state index contributed by atoms with van der Waals surface area (Å²) in [6, 6.07) is 6.58. The van der Waals surface area contributed by atoms with Gasteiger partial charge in [0.15, 0.2) is 0 Å². The van der Waals surface area contributed by atoms with Crippen LogP contribution in [0.5, 0.6) is 5.75 Å². The first kappa shape index (κ1) is 7.10. The summed E-state index contributed by atoms with van der Waals surface area (Å²) in [7, 11) is 0. The predicted molar refractivity (Wildman–Crippen MR) is 40.5 cm³/mol. The van der Waals surface area contributed by atoms with E-state index >= 15 is 0 Å². The van der Waals surface area contributed by atoms with E-state index in [9.17, 15) is 0 Å². The van der Waals surface area contributed by atoms with E-state index in [1.165, 1.54) is 6.07 Å². The molecule has 0 spiro atoms. The van der Waals surface area contributed by atoms with Gasteiger partial charge in [-0.2, -0.15) is 5.26 Å². The van der Waals surface area contributed by atoms with Crippen molar-refractivity contribution < 1.29 is 5.11 Å². The molecule has 0 aliphatic carbocycles. The van der Waals surface area contributed by atoms with Crippen molar-refractivity contribution in [3.05, 3.63) is 28.2 Å². The lowest BCUT2D eigenvalue weighted by Gasteiger charge is -1.94. The Morgan fingerprint density at radius 1 is 1.50 bits per heavy atom. The van der Waals surface area contributed by atoms with Crippen molar-refractivity contribution in [1.82, 2.24) is 0 Å². The molecule has 3 heteroatoms. The number of aromatic hydroxyl groups is 1. The van der Waals surface area contributed by atoms with Crippen LogP contribution in [0.1, 0.15) is 5.56 Å². The van der Waals surface area contributed by atoms with Crippen LogP contribution in [0, 0.1) is 11.3 Å². The predicted octanol–water partition coefficient (Wildman–Crippen LogP) is 2.03. The van der Waals surface area contributed by atoms with Crippen molar-refractivity contribution in [2.24, 2.45) is 0 Å². The Labute approximate surface area is 66.9 Å². The molecule has 1 aromatic rings. The lowest BCUT2D eigenvalue weighted by Crippen LogP contribution is -1.73. The Kier molecular flexibility index (Phi) is 1.93. The normalized spacial score (nSPS) is 8.80. The number of nitriles is 1. The molecule has 1 N–H and O–H groups in total. The smallest absolute Gasteiger partial charge is 0.131 e. The topological polar surface area (TPSA) is 44.0 Å². The molecule has 0 heterocycles. The van der Waals surface area contributed by atoms with E-state index in [2.05, 4.69) is 15.9 Å². The van der Waals surface area contributed by atoms with Crippen LogP contribution in [0.3, 0.4) is 0 Å². The van der Waals surface area contributed by atoms with E-state index in [0.29, 0.717) is 10.0 Å². The van der Waals surface area contributed by atoms with E-state index in [1.54, 1.807) is 12.1 Å². The van der Waals surface area contributed by atoms with Gasteiger partial charge in [0.2, 0.25) is 0 Å². The van der Waals surface area contributed by atoms with Crippen LogP contribution >= 0.6 is 15.9 Å². The number of phenols is 1. The second kappa shape index (κ2) is 2.72. The molecule has 0 saturated heterocycles. The van der Waals surface area contributed by atoms with Gasteiger partial charge in [0.25, 0.3) is 0 Å². The molecule has 50 valence electrons. The summed E-state index contributed by atoms with van der Waals surface area (Å²) < 4.78 is 0.603. The highest BCUT2D eigenvalue weighted by Gasteiger charge is 1.96. The van der Waals surface area contributed by atoms with Crippen molar-refractivity contribution in [2.45, 2.75) is 0 Å². The zero-order valence-electron chi connectivity index (χ0n) is 5.00. The molecule has 1 aromatic carbocycles. The molecule has 1 rings (SSSR count). The Hall–Kier alpha value is -1.01. The minimum atomic E-state index is 0.0963. The van der Waals surface area contributed by atoms with Crippen LogP contribution in [0.15, 0.2) is 22.7 Å². The van der Waals surface area contributed by atoms with Crippen LogP contribution in [0.4, 0.5) is 0 Å². The molecule has 2 nitrogen and oxygen atoms in total. The maximum absolute atomic E-state index is 9.03. The summed E-state index contributed by atoms with van der Waals surface area (Å²) in [5.74, 6) is 0.0963. The summed E-state index contributed by atoms with van der Waals surface area (Å²) in [6.45, 7) is 0. The first-order valence-corrected chi connectivity index (χ1v) is 3.42. The lowest BCUT2D eigenvalue weighted by molar-refractivity contribution is 0.472. The van der Waals surface area contributed by atoms with Gasteiger partial charge in [-0.05, 0) is 34.1 Å². The maximum atomic E-state index is 9.03. The summed E-state index contributed by atoms with van der Waals surface area (Å²) >= 11 is 3.10. The number of rotatable bonds is 0. The third-order valence-corrected chi connectivity index (χ3v) is 1.75. The Balaban J connectivity index is 3.20. The molecule has 0 atom stereocenters. The lowest BCUT2D eigenvalue weighted by atomic mass is 10.2. The van der Waals surface area contributed by atoms with Crippen molar-refractivity contribution >= 4 is 15.9 Å². The number of hydrogen-bond acceptors (Lipinski definition) is 2. The third-order valence-electron chi connectivity index (χ3n) is 1.08. The summed E-state index contributed by atoms with van der Waals surface area (Å²) in [6.07, 6.45) is 0. The molecule has 0 fully saturated rings. The fraction of sp³-hybridized carbons (Fsp3) is 0. The van der Waals surface area contributed by atoms with Crippen LogP contribution in [-0.4, -0.2) is 5.11 Å². The van der Waals surface area contributed by atoms with E-state index in [0.717, 1.165) is 0 Å².